The minimum absolute atomic E-state index is 0.203. The van der Waals surface area contributed by atoms with Gasteiger partial charge in [0, 0.05) is 20.3 Å². The van der Waals surface area contributed by atoms with E-state index in [-0.39, 0.29) is 27.9 Å². The van der Waals surface area contributed by atoms with Crippen molar-refractivity contribution >= 4 is 44.8 Å². The number of ether oxygens (including phenoxy) is 2. The van der Waals surface area contributed by atoms with Crippen LogP contribution < -0.4 is 19.7 Å². The molecule has 0 aliphatic rings. The predicted molar refractivity (Wildman–Crippen MR) is 124 cm³/mol. The summed E-state index contributed by atoms with van der Waals surface area (Å²) < 4.78 is 35.6. The molecule has 174 valence electrons. The normalized spacial score (nSPS) is 11.0. The maximum Gasteiger partial charge on any atom is 0.253 e. The number of hydrogen-bond acceptors (Lipinski definition) is 6. The molecule has 0 radical (unpaired) electrons. The second-order valence-electron chi connectivity index (χ2n) is 6.78. The van der Waals surface area contributed by atoms with Gasteiger partial charge in [-0.25, -0.2) is 8.42 Å². The highest BCUT2D eigenvalue weighted by Gasteiger charge is 2.23. The van der Waals surface area contributed by atoms with E-state index in [1.165, 1.54) is 25.3 Å². The number of amides is 2. The minimum Gasteiger partial charge on any atom is -0.495 e. The maximum atomic E-state index is 12.7. The highest BCUT2D eigenvalue weighted by molar-refractivity contribution is 7.92. The number of carbonyl (C=O) groups excluding carboxylic acids is 2. The van der Waals surface area contributed by atoms with Crippen LogP contribution in [0.1, 0.15) is 16.8 Å². The molecule has 9 nitrogen and oxygen atoms in total. The van der Waals surface area contributed by atoms with Crippen LogP contribution in [0, 0.1) is 0 Å². The Morgan fingerprint density at radius 3 is 2.47 bits per heavy atom. The van der Waals surface area contributed by atoms with Gasteiger partial charge in [-0.3, -0.25) is 13.9 Å². The first-order valence-electron chi connectivity index (χ1n) is 9.64. The number of nitrogens with one attached hydrogen (secondary N) is 2. The van der Waals surface area contributed by atoms with Gasteiger partial charge >= 0.3 is 0 Å². The number of methoxy groups -OCH3 is 2. The lowest BCUT2D eigenvalue weighted by atomic mass is 10.1. The zero-order valence-corrected chi connectivity index (χ0v) is 19.6. The van der Waals surface area contributed by atoms with E-state index in [1.54, 1.807) is 31.4 Å². The summed E-state index contributed by atoms with van der Waals surface area (Å²) in [7, 11) is -0.790. The quantitative estimate of drug-likeness (QED) is 0.475. The SMILES string of the molecule is COCCCNC(=O)c1ccccc1NC(=O)CN(c1ccc(OC)c(Cl)c1)S(C)(=O)=O. The first kappa shape index (κ1) is 25.4. The van der Waals surface area contributed by atoms with Crippen LogP contribution in [0.25, 0.3) is 0 Å². The van der Waals surface area contributed by atoms with E-state index in [9.17, 15) is 18.0 Å². The lowest BCUT2D eigenvalue weighted by Gasteiger charge is -2.22. The fraction of sp³-hybridized carbons (Fsp3) is 0.333. The Balaban J connectivity index is 2.17. The van der Waals surface area contributed by atoms with Crippen molar-refractivity contribution in [1.29, 1.82) is 0 Å². The van der Waals surface area contributed by atoms with Crippen molar-refractivity contribution in [3.05, 3.63) is 53.1 Å². The molecule has 0 aromatic heterocycles. The molecule has 2 rings (SSSR count). The van der Waals surface area contributed by atoms with E-state index >= 15 is 0 Å². The van der Waals surface area contributed by atoms with Gasteiger partial charge in [0.2, 0.25) is 15.9 Å². The van der Waals surface area contributed by atoms with Gasteiger partial charge < -0.3 is 20.1 Å². The Hall–Kier alpha value is -2.82. The average Bonchev–Trinajstić information content (AvgIpc) is 2.74. The number of halogens is 1. The third-order valence-electron chi connectivity index (χ3n) is 4.37. The van der Waals surface area contributed by atoms with E-state index in [0.29, 0.717) is 25.3 Å². The number of para-hydroxylation sites is 1. The van der Waals surface area contributed by atoms with Crippen molar-refractivity contribution in [2.45, 2.75) is 6.42 Å². The molecule has 0 saturated heterocycles. The average molecular weight is 484 g/mol. The fourth-order valence-electron chi connectivity index (χ4n) is 2.83. The molecule has 0 fully saturated rings. The number of carbonyl (C=O) groups is 2. The number of rotatable bonds is 11. The first-order chi connectivity index (χ1) is 15.2. The van der Waals surface area contributed by atoms with Crippen molar-refractivity contribution in [1.82, 2.24) is 5.32 Å². The van der Waals surface area contributed by atoms with Crippen molar-refractivity contribution < 1.29 is 27.5 Å². The number of sulfonamides is 1. The third-order valence-corrected chi connectivity index (χ3v) is 5.80. The molecule has 0 unspecified atom stereocenters. The molecule has 0 saturated carbocycles. The number of hydrogen-bond donors (Lipinski definition) is 2. The minimum atomic E-state index is -3.80. The van der Waals surface area contributed by atoms with E-state index in [2.05, 4.69) is 10.6 Å². The van der Waals surface area contributed by atoms with Crippen molar-refractivity contribution in [3.8, 4) is 5.75 Å². The molecule has 32 heavy (non-hydrogen) atoms. The molecule has 2 aromatic rings. The van der Waals surface area contributed by atoms with Crippen LogP contribution in [0.2, 0.25) is 5.02 Å². The van der Waals surface area contributed by atoms with Crippen LogP contribution >= 0.6 is 11.6 Å². The molecule has 0 heterocycles. The second-order valence-corrected chi connectivity index (χ2v) is 9.10. The Bertz CT molecular complexity index is 1060. The molecule has 0 aliphatic heterocycles. The van der Waals surface area contributed by atoms with Crippen LogP contribution in [0.15, 0.2) is 42.5 Å². The summed E-state index contributed by atoms with van der Waals surface area (Å²) in [6.07, 6.45) is 1.63. The first-order valence-corrected chi connectivity index (χ1v) is 11.9. The highest BCUT2D eigenvalue weighted by Crippen LogP contribution is 2.30. The van der Waals surface area contributed by atoms with Crippen LogP contribution in [-0.4, -0.2) is 60.4 Å². The summed E-state index contributed by atoms with van der Waals surface area (Å²) in [6, 6.07) is 10.9. The summed E-state index contributed by atoms with van der Waals surface area (Å²) in [5.41, 5.74) is 0.734. The van der Waals surface area contributed by atoms with Crippen LogP contribution in [-0.2, 0) is 19.6 Å². The van der Waals surface area contributed by atoms with Gasteiger partial charge in [0.15, 0.2) is 0 Å². The molecule has 0 aliphatic carbocycles. The summed E-state index contributed by atoms with van der Waals surface area (Å²) in [6.45, 7) is 0.412. The van der Waals surface area contributed by atoms with Crippen molar-refractivity contribution in [2.24, 2.45) is 0 Å². The molecule has 0 spiro atoms. The second kappa shape index (κ2) is 11.7. The molecule has 0 atom stereocenters. The van der Waals surface area contributed by atoms with Crippen LogP contribution in [0.5, 0.6) is 5.75 Å². The fourth-order valence-corrected chi connectivity index (χ4v) is 3.93. The van der Waals surface area contributed by atoms with Gasteiger partial charge in [0.25, 0.3) is 5.91 Å². The highest BCUT2D eigenvalue weighted by atomic mass is 35.5. The van der Waals surface area contributed by atoms with Crippen molar-refractivity contribution in [3.63, 3.8) is 0 Å². The lowest BCUT2D eigenvalue weighted by Crippen LogP contribution is -2.37. The van der Waals surface area contributed by atoms with E-state index in [1.807, 2.05) is 0 Å². The van der Waals surface area contributed by atoms with Crippen LogP contribution in [0.4, 0.5) is 11.4 Å². The molecular weight excluding hydrogens is 458 g/mol. The van der Waals surface area contributed by atoms with Gasteiger partial charge in [0.1, 0.15) is 12.3 Å². The molecule has 0 bridgehead atoms. The van der Waals surface area contributed by atoms with Gasteiger partial charge in [-0.1, -0.05) is 23.7 Å². The maximum absolute atomic E-state index is 12.7. The molecular formula is C21H26ClN3O6S. The molecule has 11 heteroatoms. The number of anilines is 2. The number of nitrogens with zero attached hydrogens (tertiary/aromatic N) is 1. The van der Waals surface area contributed by atoms with E-state index in [4.69, 9.17) is 21.1 Å². The van der Waals surface area contributed by atoms with Crippen molar-refractivity contribution in [2.75, 3.05) is 49.8 Å². The Morgan fingerprint density at radius 1 is 1.12 bits per heavy atom. The lowest BCUT2D eigenvalue weighted by molar-refractivity contribution is -0.114. The van der Waals surface area contributed by atoms with Gasteiger partial charge in [-0.15, -0.1) is 0 Å². The summed E-state index contributed by atoms with van der Waals surface area (Å²) >= 11 is 6.11. The summed E-state index contributed by atoms with van der Waals surface area (Å²) in [5.74, 6) is -0.611. The summed E-state index contributed by atoms with van der Waals surface area (Å²) in [4.78, 5) is 25.2. The molecule has 2 N–H and O–H groups in total. The van der Waals surface area contributed by atoms with Gasteiger partial charge in [-0.2, -0.15) is 0 Å². The topological polar surface area (TPSA) is 114 Å². The zero-order valence-electron chi connectivity index (χ0n) is 18.1. The van der Waals surface area contributed by atoms with Crippen LogP contribution in [0.3, 0.4) is 0 Å². The zero-order chi connectivity index (χ0) is 23.7. The third kappa shape index (κ3) is 7.11. The smallest absolute Gasteiger partial charge is 0.253 e. The Labute approximate surface area is 192 Å². The number of benzene rings is 2. The largest absolute Gasteiger partial charge is 0.495 e. The van der Waals surface area contributed by atoms with E-state index < -0.39 is 22.5 Å². The van der Waals surface area contributed by atoms with E-state index in [0.717, 1.165) is 10.6 Å². The predicted octanol–water partition coefficient (Wildman–Crippen LogP) is 2.52. The molecule has 2 aromatic carbocycles. The Morgan fingerprint density at radius 2 is 1.84 bits per heavy atom. The molecule has 2 amide bonds. The standard InChI is InChI=1S/C21H26ClN3O6S/c1-30-12-6-11-23-21(27)16-7-4-5-8-18(16)24-20(26)14-25(32(3,28)29)15-9-10-19(31-2)17(22)13-15/h4-5,7-10,13H,6,11-12,14H2,1-3H3,(H,23,27)(H,24,26). The summed E-state index contributed by atoms with van der Waals surface area (Å²) in [5, 5.41) is 5.57. The Kier molecular flexibility index (Phi) is 9.30. The van der Waals surface area contributed by atoms with Gasteiger partial charge in [0.05, 0.1) is 35.3 Å². The van der Waals surface area contributed by atoms with Gasteiger partial charge in [-0.05, 0) is 36.8 Å². The monoisotopic (exact) mass is 483 g/mol.